The molecule has 2 aromatic heterocycles. The Hall–Kier alpha value is -3.28. The fraction of sp³-hybridized carbons (Fsp3) is 0.158. The zero-order valence-corrected chi connectivity index (χ0v) is 14.2. The minimum Gasteiger partial charge on any atom is -0.350 e. The number of pyridine rings is 1. The Morgan fingerprint density at radius 1 is 1.12 bits per heavy atom. The van der Waals surface area contributed by atoms with Gasteiger partial charge >= 0.3 is 0 Å². The van der Waals surface area contributed by atoms with Crippen molar-refractivity contribution in [1.29, 1.82) is 0 Å². The summed E-state index contributed by atoms with van der Waals surface area (Å²) in [5, 5.41) is 5.98. The van der Waals surface area contributed by atoms with Gasteiger partial charge in [0.2, 0.25) is 5.95 Å². The SMILES string of the molecule is Cc1ccc(NC(=O)c2ccnc(NCc3cccnc3)n2)c(C)c1. The number of rotatable bonds is 5. The van der Waals surface area contributed by atoms with E-state index in [4.69, 9.17) is 0 Å². The summed E-state index contributed by atoms with van der Waals surface area (Å²) < 4.78 is 0. The van der Waals surface area contributed by atoms with E-state index in [1.807, 2.05) is 44.2 Å². The van der Waals surface area contributed by atoms with Crippen molar-refractivity contribution in [2.24, 2.45) is 0 Å². The van der Waals surface area contributed by atoms with E-state index in [0.717, 1.165) is 22.4 Å². The molecule has 126 valence electrons. The molecule has 0 bridgehead atoms. The predicted octanol–water partition coefficient (Wildman–Crippen LogP) is 3.35. The maximum Gasteiger partial charge on any atom is 0.274 e. The molecule has 0 unspecified atom stereocenters. The fourth-order valence-electron chi connectivity index (χ4n) is 2.39. The largest absolute Gasteiger partial charge is 0.350 e. The van der Waals surface area contributed by atoms with Gasteiger partial charge in [-0.15, -0.1) is 0 Å². The molecule has 2 heterocycles. The average Bonchev–Trinajstić information content (AvgIpc) is 2.63. The van der Waals surface area contributed by atoms with Crippen LogP contribution in [0.1, 0.15) is 27.2 Å². The summed E-state index contributed by atoms with van der Waals surface area (Å²) in [6, 6.07) is 11.3. The van der Waals surface area contributed by atoms with Gasteiger partial charge in [-0.2, -0.15) is 0 Å². The first-order valence-electron chi connectivity index (χ1n) is 7.96. The Morgan fingerprint density at radius 3 is 2.76 bits per heavy atom. The van der Waals surface area contributed by atoms with Crippen LogP contribution in [0.4, 0.5) is 11.6 Å². The van der Waals surface area contributed by atoms with E-state index in [-0.39, 0.29) is 5.91 Å². The van der Waals surface area contributed by atoms with Crippen molar-refractivity contribution in [2.75, 3.05) is 10.6 Å². The lowest BCUT2D eigenvalue weighted by Gasteiger charge is -2.10. The lowest BCUT2D eigenvalue weighted by atomic mass is 10.1. The van der Waals surface area contributed by atoms with Gasteiger partial charge in [0.1, 0.15) is 5.69 Å². The van der Waals surface area contributed by atoms with Crippen LogP contribution in [0.3, 0.4) is 0 Å². The number of nitrogens with zero attached hydrogens (tertiary/aromatic N) is 3. The molecule has 2 N–H and O–H groups in total. The molecule has 6 heteroatoms. The monoisotopic (exact) mass is 333 g/mol. The topological polar surface area (TPSA) is 79.8 Å². The third-order valence-electron chi connectivity index (χ3n) is 3.69. The van der Waals surface area contributed by atoms with Gasteiger partial charge in [0.05, 0.1) is 0 Å². The molecular formula is C19H19N5O. The van der Waals surface area contributed by atoms with Gasteiger partial charge in [-0.1, -0.05) is 23.8 Å². The lowest BCUT2D eigenvalue weighted by molar-refractivity contribution is 0.102. The Morgan fingerprint density at radius 2 is 2.00 bits per heavy atom. The number of hydrogen-bond donors (Lipinski definition) is 2. The quantitative estimate of drug-likeness (QED) is 0.748. The summed E-state index contributed by atoms with van der Waals surface area (Å²) >= 11 is 0. The number of carbonyl (C=O) groups is 1. The Kier molecular flexibility index (Phi) is 4.99. The molecule has 0 spiro atoms. The van der Waals surface area contributed by atoms with Crippen molar-refractivity contribution in [3.8, 4) is 0 Å². The van der Waals surface area contributed by atoms with E-state index in [9.17, 15) is 4.79 Å². The molecule has 0 radical (unpaired) electrons. The first-order valence-corrected chi connectivity index (χ1v) is 7.96. The second kappa shape index (κ2) is 7.53. The number of aryl methyl sites for hydroxylation is 2. The molecule has 0 atom stereocenters. The van der Waals surface area contributed by atoms with E-state index >= 15 is 0 Å². The van der Waals surface area contributed by atoms with Crippen LogP contribution in [0.15, 0.2) is 55.0 Å². The zero-order valence-electron chi connectivity index (χ0n) is 14.2. The summed E-state index contributed by atoms with van der Waals surface area (Å²) in [4.78, 5) is 24.9. The van der Waals surface area contributed by atoms with Crippen LogP contribution >= 0.6 is 0 Å². The maximum atomic E-state index is 12.4. The van der Waals surface area contributed by atoms with Crippen LogP contribution < -0.4 is 10.6 Å². The molecule has 1 amide bonds. The second-order valence-corrected chi connectivity index (χ2v) is 5.75. The minimum absolute atomic E-state index is 0.265. The van der Waals surface area contributed by atoms with Gasteiger partial charge in [-0.25, -0.2) is 9.97 Å². The van der Waals surface area contributed by atoms with Gasteiger partial charge in [-0.3, -0.25) is 9.78 Å². The molecule has 3 rings (SSSR count). The zero-order chi connectivity index (χ0) is 17.6. The van der Waals surface area contributed by atoms with Crippen LogP contribution in [-0.2, 0) is 6.54 Å². The molecule has 1 aromatic carbocycles. The molecule has 6 nitrogen and oxygen atoms in total. The van der Waals surface area contributed by atoms with Gasteiger partial charge in [-0.05, 0) is 43.2 Å². The smallest absolute Gasteiger partial charge is 0.274 e. The number of anilines is 2. The lowest BCUT2D eigenvalue weighted by Crippen LogP contribution is -2.16. The van der Waals surface area contributed by atoms with Crippen molar-refractivity contribution >= 4 is 17.5 Å². The molecule has 0 aliphatic carbocycles. The minimum atomic E-state index is -0.265. The first-order chi connectivity index (χ1) is 12.1. The van der Waals surface area contributed by atoms with Crippen molar-refractivity contribution in [2.45, 2.75) is 20.4 Å². The molecule has 0 saturated heterocycles. The van der Waals surface area contributed by atoms with E-state index in [1.54, 1.807) is 24.7 Å². The van der Waals surface area contributed by atoms with Crippen molar-refractivity contribution in [1.82, 2.24) is 15.0 Å². The summed E-state index contributed by atoms with van der Waals surface area (Å²) in [6.07, 6.45) is 5.05. The summed E-state index contributed by atoms with van der Waals surface area (Å²) in [5.74, 6) is 0.135. The van der Waals surface area contributed by atoms with E-state index in [1.165, 1.54) is 0 Å². The number of benzene rings is 1. The highest BCUT2D eigenvalue weighted by Crippen LogP contribution is 2.17. The molecule has 25 heavy (non-hydrogen) atoms. The summed E-state index contributed by atoms with van der Waals surface area (Å²) in [5.41, 5.74) is 4.26. The molecule has 0 aliphatic rings. The van der Waals surface area contributed by atoms with Crippen LogP contribution in [0.2, 0.25) is 0 Å². The van der Waals surface area contributed by atoms with Gasteiger partial charge < -0.3 is 10.6 Å². The first kappa shape index (κ1) is 16.6. The fourth-order valence-corrected chi connectivity index (χ4v) is 2.39. The summed E-state index contributed by atoms with van der Waals surface area (Å²) in [6.45, 7) is 4.52. The van der Waals surface area contributed by atoms with Crippen LogP contribution in [-0.4, -0.2) is 20.9 Å². The van der Waals surface area contributed by atoms with Gasteiger partial charge in [0, 0.05) is 30.8 Å². The molecule has 0 fully saturated rings. The van der Waals surface area contributed by atoms with Crippen LogP contribution in [0, 0.1) is 13.8 Å². The molecule has 3 aromatic rings. The van der Waals surface area contributed by atoms with Crippen LogP contribution in [0.25, 0.3) is 0 Å². The number of hydrogen-bond acceptors (Lipinski definition) is 5. The maximum absolute atomic E-state index is 12.4. The highest BCUT2D eigenvalue weighted by Gasteiger charge is 2.10. The Labute approximate surface area is 146 Å². The summed E-state index contributed by atoms with van der Waals surface area (Å²) in [7, 11) is 0. The van der Waals surface area contributed by atoms with Crippen molar-refractivity contribution < 1.29 is 4.79 Å². The third-order valence-corrected chi connectivity index (χ3v) is 3.69. The molecular weight excluding hydrogens is 314 g/mol. The van der Waals surface area contributed by atoms with E-state index in [0.29, 0.717) is 18.2 Å². The molecule has 0 aliphatic heterocycles. The highest BCUT2D eigenvalue weighted by atomic mass is 16.1. The van der Waals surface area contributed by atoms with E-state index in [2.05, 4.69) is 25.6 Å². The van der Waals surface area contributed by atoms with Gasteiger partial charge in [0.25, 0.3) is 5.91 Å². The number of carbonyl (C=O) groups excluding carboxylic acids is 1. The second-order valence-electron chi connectivity index (χ2n) is 5.75. The van der Waals surface area contributed by atoms with Crippen molar-refractivity contribution in [3.05, 3.63) is 77.4 Å². The number of aromatic nitrogens is 3. The van der Waals surface area contributed by atoms with Crippen molar-refractivity contribution in [3.63, 3.8) is 0 Å². The number of nitrogens with one attached hydrogen (secondary N) is 2. The third kappa shape index (κ3) is 4.38. The highest BCUT2D eigenvalue weighted by molar-refractivity contribution is 6.03. The molecule has 0 saturated carbocycles. The predicted molar refractivity (Wildman–Crippen MR) is 97.5 cm³/mol. The van der Waals surface area contributed by atoms with Gasteiger partial charge in [0.15, 0.2) is 0 Å². The average molecular weight is 333 g/mol. The normalized spacial score (nSPS) is 10.3. The Bertz CT molecular complexity index is 880. The Balaban J connectivity index is 1.69. The standard InChI is InChI=1S/C19H19N5O/c1-13-5-6-16(14(2)10-13)23-18(25)17-7-9-21-19(24-17)22-12-15-4-3-8-20-11-15/h3-11H,12H2,1-2H3,(H,23,25)(H,21,22,24). The van der Waals surface area contributed by atoms with Crippen LogP contribution in [0.5, 0.6) is 0 Å². The van der Waals surface area contributed by atoms with E-state index < -0.39 is 0 Å². The number of amides is 1.